The third kappa shape index (κ3) is 12.9. The van der Waals surface area contributed by atoms with E-state index in [9.17, 15) is 0 Å². The highest BCUT2D eigenvalue weighted by Gasteiger charge is 2.29. The summed E-state index contributed by atoms with van der Waals surface area (Å²) in [5.74, 6) is 4.86. The van der Waals surface area contributed by atoms with Crippen LogP contribution in [0.3, 0.4) is 0 Å². The normalized spacial score (nSPS) is 10.6. The Morgan fingerprint density at radius 3 is 0.899 bits per heavy atom. The van der Waals surface area contributed by atoms with Gasteiger partial charge in [-0.1, -0.05) is 169 Å². The molecule has 10 aromatic carbocycles. The summed E-state index contributed by atoms with van der Waals surface area (Å²) < 4.78 is 20.3. The molecule has 0 aliphatic heterocycles. The van der Waals surface area contributed by atoms with Crippen LogP contribution in [0.5, 0.6) is 0 Å². The van der Waals surface area contributed by atoms with E-state index >= 15 is 0 Å². The van der Waals surface area contributed by atoms with Crippen molar-refractivity contribution in [2.75, 3.05) is 0 Å². The van der Waals surface area contributed by atoms with Crippen molar-refractivity contribution in [3.63, 3.8) is 0 Å². The van der Waals surface area contributed by atoms with Crippen LogP contribution in [0, 0.1) is 50.5 Å². The highest BCUT2D eigenvalue weighted by Crippen LogP contribution is 2.40. The quantitative estimate of drug-likeness (QED) is 0.117. The molecule has 0 unspecified atom stereocenters. The molecule has 0 saturated heterocycles. The maximum atomic E-state index is 3.65. The number of fused-ring (bicyclic) bond motifs is 4. The van der Waals surface area contributed by atoms with E-state index in [0.717, 1.165) is 8.95 Å². The molecule has 0 bridgehead atoms. The number of imidazole rings is 4. The fraction of sp³-hybridized carbons (Fsp3) is 0.139. The van der Waals surface area contributed by atoms with Gasteiger partial charge in [-0.05, 0) is 159 Å². The van der Waals surface area contributed by atoms with Crippen molar-refractivity contribution >= 4 is 76.0 Å². The van der Waals surface area contributed by atoms with E-state index in [2.05, 4.69) is 370 Å². The molecule has 10 heteroatoms. The summed E-state index contributed by atoms with van der Waals surface area (Å²) in [5.41, 5.74) is 23.9. The highest BCUT2D eigenvalue weighted by molar-refractivity contribution is 9.11. The van der Waals surface area contributed by atoms with Crippen molar-refractivity contribution in [1.82, 2.24) is 18.3 Å². The van der Waals surface area contributed by atoms with E-state index in [1.54, 1.807) is 0 Å². The number of nitrogens with zero attached hydrogens (tertiary/aromatic N) is 8. The second kappa shape index (κ2) is 28.9. The lowest BCUT2D eigenvalue weighted by Gasteiger charge is -2.14. The number of aromatic nitrogens is 8. The predicted molar refractivity (Wildman–Crippen MR) is 384 cm³/mol. The SMILES string of the molecule is Cc1cc(C)c(-c2n(C)c3ccccc3[n+]2C)c(C)c1.Cn1c(-c2c(-c3ccccc3)cccc2-c2ccccc2)[n+](C)c2ccccc21.Cn1c(-c2c(Br)cccc2Br)[n+](C)c2ccccc21.Cn1c(-c2ccccc2)[n+](C)c2ccccc21.[CH3-].[CH3-].[CH3-].[CH3-]. The maximum Gasteiger partial charge on any atom is 0.291 e. The summed E-state index contributed by atoms with van der Waals surface area (Å²) in [5, 5.41) is 0. The van der Waals surface area contributed by atoms with Crippen LogP contribution in [0.25, 0.3) is 112 Å². The number of hydrogen-bond acceptors (Lipinski definition) is 0. The van der Waals surface area contributed by atoms with Gasteiger partial charge in [0.15, 0.2) is 44.1 Å². The zero-order chi connectivity index (χ0) is 59.6. The third-order valence-electron chi connectivity index (χ3n) is 16.5. The second-order valence-corrected chi connectivity index (χ2v) is 23.6. The van der Waals surface area contributed by atoms with Crippen molar-refractivity contribution in [3.8, 4) is 67.8 Å². The Morgan fingerprint density at radius 2 is 0.551 bits per heavy atom. The van der Waals surface area contributed by atoms with Crippen molar-refractivity contribution < 1.29 is 18.3 Å². The van der Waals surface area contributed by atoms with Gasteiger partial charge in [-0.15, -0.1) is 0 Å². The maximum absolute atomic E-state index is 3.65. The smallest absolute Gasteiger partial charge is 0.291 e. The molecule has 4 heterocycles. The monoisotopic (exact) mass is 1300 g/mol. The molecule has 0 N–H and O–H groups in total. The molecule has 0 aliphatic carbocycles. The van der Waals surface area contributed by atoms with Crippen LogP contribution in [-0.2, 0) is 56.4 Å². The minimum Gasteiger partial charge on any atom is -0.358 e. The lowest BCUT2D eigenvalue weighted by Crippen LogP contribution is -2.30. The van der Waals surface area contributed by atoms with E-state index in [1.807, 2.05) is 12.1 Å². The van der Waals surface area contributed by atoms with Crippen LogP contribution in [0.2, 0.25) is 0 Å². The van der Waals surface area contributed by atoms with Gasteiger partial charge >= 0.3 is 0 Å². The van der Waals surface area contributed by atoms with Gasteiger partial charge in [0.05, 0.1) is 78.6 Å². The minimum atomic E-state index is 0. The summed E-state index contributed by atoms with van der Waals surface area (Å²) in [6.07, 6.45) is 0. The molecule has 0 atom stereocenters. The molecule has 0 spiro atoms. The summed E-state index contributed by atoms with van der Waals surface area (Å²) >= 11 is 7.31. The average Bonchev–Trinajstić information content (AvgIpc) is 1.73. The summed E-state index contributed by atoms with van der Waals surface area (Å²) in [6, 6.07) is 83.2. The van der Waals surface area contributed by atoms with E-state index in [0.29, 0.717) is 0 Å². The van der Waals surface area contributed by atoms with Crippen LogP contribution < -0.4 is 18.3 Å². The van der Waals surface area contributed by atoms with E-state index < -0.39 is 0 Å². The number of rotatable bonds is 6. The van der Waals surface area contributed by atoms with E-state index in [-0.39, 0.29) is 29.7 Å². The number of aryl methyl sites for hydroxylation is 11. The Balaban J connectivity index is 0.000000170. The molecule has 4 aromatic heterocycles. The Morgan fingerprint density at radius 1 is 0.281 bits per heavy atom. The molecule has 14 aromatic rings. The molecule has 0 aliphatic rings. The van der Waals surface area contributed by atoms with E-state index in [1.165, 1.54) is 129 Å². The van der Waals surface area contributed by atoms with Gasteiger partial charge in [0, 0.05) is 8.95 Å². The molecule has 0 fully saturated rings. The second-order valence-electron chi connectivity index (χ2n) is 21.9. The number of halogens is 2. The van der Waals surface area contributed by atoms with Crippen molar-refractivity contribution in [2.45, 2.75) is 20.8 Å². The Labute approximate surface area is 545 Å². The average molecular weight is 1310 g/mol. The number of hydrogen-bond donors (Lipinski definition) is 0. The van der Waals surface area contributed by atoms with Crippen LogP contribution in [0.15, 0.2) is 246 Å². The van der Waals surface area contributed by atoms with Crippen molar-refractivity contribution in [1.29, 1.82) is 0 Å². The molecule has 14 rings (SSSR count). The van der Waals surface area contributed by atoms with Crippen molar-refractivity contribution in [3.05, 3.63) is 292 Å². The molecular formula is C79H84Br2N8. The third-order valence-corrected chi connectivity index (χ3v) is 17.9. The standard InChI is InChI=1S/C27H23N2.C18H21N2.C15H13Br2N2.C15H15N2.4CH3/c1-28-24-18-9-10-19-25(24)29(2)27(28)26-22(20-12-5-3-6-13-20)16-11-17-23(26)21-14-7-4-8-15-21;1-12-10-13(2)17(14(3)11-12)18-19(4)15-8-6-7-9-16(15)20(18)5;1-18-12-8-3-4-9-13(12)19(2)15(18)14-10(16)6-5-7-11(14)17;1-16-13-10-6-7-11-14(13)17(2)15(16)12-8-4-3-5-9-12;;;;/h3-19H,1-2H3;6-11H,1-5H3;3-9H,1-2H3;3-11H,1-2H3;4*1H3/q4*+1;4*-1. The van der Waals surface area contributed by atoms with Gasteiger partial charge < -0.3 is 29.7 Å². The van der Waals surface area contributed by atoms with Gasteiger partial charge in [0.2, 0.25) is 0 Å². The lowest BCUT2D eigenvalue weighted by atomic mass is 9.91. The topological polar surface area (TPSA) is 35.2 Å². The number of para-hydroxylation sites is 8. The van der Waals surface area contributed by atoms with E-state index in [4.69, 9.17) is 0 Å². The summed E-state index contributed by atoms with van der Waals surface area (Å²) in [7, 11) is 17.1. The lowest BCUT2D eigenvalue weighted by molar-refractivity contribution is -0.634. The van der Waals surface area contributed by atoms with Crippen LogP contribution in [-0.4, -0.2) is 18.3 Å². The largest absolute Gasteiger partial charge is 0.358 e. The fourth-order valence-corrected chi connectivity index (χ4v) is 14.0. The van der Waals surface area contributed by atoms with Crippen LogP contribution >= 0.6 is 31.9 Å². The van der Waals surface area contributed by atoms with Crippen LogP contribution in [0.1, 0.15) is 16.7 Å². The first-order valence-corrected chi connectivity index (χ1v) is 30.3. The highest BCUT2D eigenvalue weighted by atomic mass is 79.9. The summed E-state index contributed by atoms with van der Waals surface area (Å²) in [4.78, 5) is 0. The van der Waals surface area contributed by atoms with Crippen molar-refractivity contribution in [2.24, 2.45) is 56.4 Å². The molecule has 8 nitrogen and oxygen atoms in total. The zero-order valence-corrected chi connectivity index (χ0v) is 57.5. The Bertz CT molecular complexity index is 4480. The zero-order valence-electron chi connectivity index (χ0n) is 54.4. The first-order chi connectivity index (χ1) is 41.2. The molecule has 0 amide bonds. The van der Waals surface area contributed by atoms with Gasteiger partial charge in [-0.2, -0.15) is 0 Å². The minimum absolute atomic E-state index is 0. The Hall–Kier alpha value is -8.96. The molecule has 0 radical (unpaired) electrons. The van der Waals surface area contributed by atoms with Gasteiger partial charge in [0.25, 0.3) is 23.3 Å². The predicted octanol–water partition coefficient (Wildman–Crippen LogP) is 18.3. The van der Waals surface area contributed by atoms with Gasteiger partial charge in [-0.25, -0.2) is 36.5 Å². The first kappa shape index (κ1) is 67.5. The Kier molecular flexibility index (Phi) is 21.9. The fourth-order valence-electron chi connectivity index (χ4n) is 12.7. The molecule has 89 heavy (non-hydrogen) atoms. The van der Waals surface area contributed by atoms with Gasteiger partial charge in [0.1, 0.15) is 0 Å². The summed E-state index contributed by atoms with van der Waals surface area (Å²) in [6.45, 7) is 6.56. The van der Waals surface area contributed by atoms with Crippen LogP contribution in [0.4, 0.5) is 0 Å². The number of benzene rings is 10. The molecular weight excluding hydrogens is 1220 g/mol. The molecule has 0 saturated carbocycles. The first-order valence-electron chi connectivity index (χ1n) is 28.7. The molecule has 454 valence electrons. The van der Waals surface area contributed by atoms with Gasteiger partial charge in [-0.3, -0.25) is 0 Å².